The minimum atomic E-state index is -8.68. The molecule has 0 unspecified atom stereocenters. The number of halogens is 17. The number of aliphatic hydroxyl groups is 1. The number of alkyl halides is 17. The molecule has 5 nitrogen and oxygen atoms in total. The second-order valence-corrected chi connectivity index (χ2v) is 18.4. The molecule has 0 fully saturated rings. The maximum absolute atomic E-state index is 14.8. The van der Waals surface area contributed by atoms with Crippen LogP contribution in [0.2, 0.25) is 17.1 Å². The number of hydrogen-bond acceptors (Lipinski definition) is 5. The molecule has 0 radical (unpaired) electrons. The minimum absolute atomic E-state index is 0.175. The zero-order valence-electron chi connectivity index (χ0n) is 30.6. The fourth-order valence-corrected chi connectivity index (χ4v) is 9.95. The summed E-state index contributed by atoms with van der Waals surface area (Å²) in [5.74, 6) is -57.0. The molecule has 23 heteroatoms. The van der Waals surface area contributed by atoms with Gasteiger partial charge in [-0.2, -0.15) is 74.6 Å². The second-order valence-electron chi connectivity index (χ2n) is 13.4. The van der Waals surface area contributed by atoms with E-state index in [-0.39, 0.29) is 25.4 Å². The van der Waals surface area contributed by atoms with Crippen LogP contribution >= 0.6 is 0 Å². The van der Waals surface area contributed by atoms with Gasteiger partial charge in [-0.1, -0.05) is 45.9 Å². The van der Waals surface area contributed by atoms with E-state index >= 15 is 0 Å². The van der Waals surface area contributed by atoms with Crippen LogP contribution in [0.15, 0.2) is 35.9 Å². The van der Waals surface area contributed by atoms with E-state index < -0.39 is 98.2 Å². The van der Waals surface area contributed by atoms with Gasteiger partial charge >= 0.3 is 53.6 Å². The molecule has 0 aliphatic rings. The molecule has 0 spiro atoms. The highest BCUT2D eigenvalue weighted by Crippen LogP contribution is 2.64. The summed E-state index contributed by atoms with van der Waals surface area (Å²) in [6, 6.07) is 4.48. The Morgan fingerprint density at radius 2 is 1.16 bits per heavy atom. The topological polar surface area (TPSA) is 65.0 Å². The Hall–Kier alpha value is -2.82. The van der Waals surface area contributed by atoms with Crippen molar-refractivity contribution in [2.45, 2.75) is 132 Å². The fourth-order valence-electron chi connectivity index (χ4n) is 5.49. The van der Waals surface area contributed by atoms with Crippen LogP contribution in [-0.2, 0) is 14.0 Å². The number of aliphatic hydroxyl groups excluding tert-OH is 1. The van der Waals surface area contributed by atoms with Crippen molar-refractivity contribution in [3.05, 3.63) is 41.5 Å². The van der Waals surface area contributed by atoms with Gasteiger partial charge < -0.3 is 19.0 Å². The molecule has 1 atom stereocenters. The van der Waals surface area contributed by atoms with E-state index in [9.17, 15) is 84.5 Å². The Bertz CT molecular complexity index is 1450. The summed E-state index contributed by atoms with van der Waals surface area (Å²) >= 11 is 0. The van der Waals surface area contributed by atoms with Gasteiger partial charge in [-0.15, -0.1) is 0 Å². The molecule has 0 aromatic heterocycles. The van der Waals surface area contributed by atoms with E-state index in [1.807, 2.05) is 0 Å². The maximum Gasteiger partial charge on any atom is 0.460 e. The van der Waals surface area contributed by atoms with Gasteiger partial charge in [0.1, 0.15) is 12.4 Å². The summed E-state index contributed by atoms with van der Waals surface area (Å²) < 4.78 is 250. The molecule has 1 N–H and O–H groups in total. The van der Waals surface area contributed by atoms with Crippen LogP contribution in [0.1, 0.15) is 72.5 Å². The third kappa shape index (κ3) is 9.88. The predicted molar refractivity (Wildman–Crippen MR) is 169 cm³/mol. The third-order valence-electron chi connectivity index (χ3n) is 9.05. The van der Waals surface area contributed by atoms with Gasteiger partial charge in [-0.3, -0.25) is 0 Å². The molecule has 0 bridgehead atoms. The molecule has 0 saturated carbocycles. The molecule has 1 aromatic carbocycles. The van der Waals surface area contributed by atoms with E-state index in [0.717, 1.165) is 0 Å². The molecule has 326 valence electrons. The standard InChI is InChI=1S/C33H41F17O5Si/c1-7-53-25(52)21(6)9-8-10-24(51)22-11-13-23(14-12-22)54-16-17-55-56(19(2)3,20(4)5)18-15-26(34,35)27(36,37)28(38,39)29(40,41)30(42,43)31(44,45)32(46,47)33(48,49)50/h9,11-14,19-20,24,51H,7-8,10,15-18H2,1-6H3/b21-9+/t24-/m0/s1. The van der Waals surface area contributed by atoms with E-state index in [4.69, 9.17) is 13.9 Å². The predicted octanol–water partition coefficient (Wildman–Crippen LogP) is 11.6. The van der Waals surface area contributed by atoms with Crippen LogP contribution in [0, 0.1) is 0 Å². The van der Waals surface area contributed by atoms with E-state index in [0.29, 0.717) is 17.6 Å². The number of rotatable bonds is 22. The quantitative estimate of drug-likeness (QED) is 0.0413. The Balaban J connectivity index is 3.15. The van der Waals surface area contributed by atoms with Crippen molar-refractivity contribution in [3.8, 4) is 5.75 Å². The van der Waals surface area contributed by atoms with Crippen molar-refractivity contribution in [1.82, 2.24) is 0 Å². The molecule has 0 amide bonds. The molecule has 56 heavy (non-hydrogen) atoms. The summed E-state index contributed by atoms with van der Waals surface area (Å²) in [5.41, 5.74) is -0.906. The normalized spacial score (nSPS) is 15.4. The highest BCUT2D eigenvalue weighted by molar-refractivity contribution is 6.76. The third-order valence-corrected chi connectivity index (χ3v) is 14.7. The molecule has 1 rings (SSSR count). The lowest BCUT2D eigenvalue weighted by Gasteiger charge is -2.44. The summed E-state index contributed by atoms with van der Waals surface area (Å²) in [4.78, 5) is 11.7. The molecule has 1 aromatic rings. The van der Waals surface area contributed by atoms with Crippen LogP contribution in [-0.4, -0.2) is 86.8 Å². The first kappa shape index (κ1) is 51.2. The van der Waals surface area contributed by atoms with Gasteiger partial charge in [0.15, 0.2) is 8.32 Å². The number of hydrogen-bond donors (Lipinski definition) is 1. The number of carbonyl (C=O) groups excluding carboxylic acids is 1. The van der Waals surface area contributed by atoms with Gasteiger partial charge in [0, 0.05) is 12.0 Å². The number of ether oxygens (including phenoxy) is 2. The SMILES string of the molecule is CCOC(=O)/C(C)=C/CC[C@H](O)c1ccc(OCCO[Si](CCC(F)(F)C(F)(F)C(F)(F)C(F)(F)C(F)(F)C(F)(F)C(F)(F)C(F)(F)F)(C(C)C)C(C)C)cc1. The first-order valence-electron chi connectivity index (χ1n) is 16.7. The monoisotopic (exact) mass is 868 g/mol. The van der Waals surface area contributed by atoms with Crippen molar-refractivity contribution in [2.75, 3.05) is 19.8 Å². The average Bonchev–Trinajstić information content (AvgIpc) is 3.06. The lowest BCUT2D eigenvalue weighted by atomic mass is 9.88. The minimum Gasteiger partial charge on any atom is -0.491 e. The Kier molecular flexibility index (Phi) is 16.4. The van der Waals surface area contributed by atoms with Crippen LogP contribution in [0.3, 0.4) is 0 Å². The lowest BCUT2D eigenvalue weighted by Crippen LogP contribution is -2.74. The average molecular weight is 869 g/mol. The zero-order chi connectivity index (χ0) is 44.1. The maximum atomic E-state index is 14.8. The van der Waals surface area contributed by atoms with Gasteiger partial charge in [0.05, 0.1) is 19.3 Å². The summed E-state index contributed by atoms with van der Waals surface area (Å²) in [7, 11) is -3.94. The van der Waals surface area contributed by atoms with Crippen LogP contribution in [0.25, 0.3) is 0 Å². The van der Waals surface area contributed by atoms with E-state index in [1.165, 1.54) is 52.0 Å². The Labute approximate surface area is 311 Å². The number of esters is 1. The number of benzene rings is 1. The van der Waals surface area contributed by atoms with E-state index in [2.05, 4.69) is 0 Å². The van der Waals surface area contributed by atoms with Gasteiger partial charge in [0.2, 0.25) is 0 Å². The van der Waals surface area contributed by atoms with Crippen molar-refractivity contribution >= 4 is 14.3 Å². The summed E-state index contributed by atoms with van der Waals surface area (Å²) in [6.45, 7) is 7.83. The highest BCUT2D eigenvalue weighted by atomic mass is 28.4. The van der Waals surface area contributed by atoms with Gasteiger partial charge in [0.25, 0.3) is 0 Å². The van der Waals surface area contributed by atoms with Gasteiger partial charge in [-0.25, -0.2) is 4.79 Å². The van der Waals surface area contributed by atoms with Crippen molar-refractivity contribution in [3.63, 3.8) is 0 Å². The summed E-state index contributed by atoms with van der Waals surface area (Å²) in [6.07, 6.45) is -9.20. The highest BCUT2D eigenvalue weighted by Gasteiger charge is 2.95. The first-order valence-corrected chi connectivity index (χ1v) is 18.9. The lowest BCUT2D eigenvalue weighted by molar-refractivity contribution is -0.461. The van der Waals surface area contributed by atoms with Crippen molar-refractivity contribution < 1.29 is 98.4 Å². The van der Waals surface area contributed by atoms with Crippen molar-refractivity contribution in [1.29, 1.82) is 0 Å². The molecular formula is C33H41F17O5Si. The zero-order valence-corrected chi connectivity index (χ0v) is 31.6. The van der Waals surface area contributed by atoms with Crippen LogP contribution < -0.4 is 4.74 Å². The molecular weight excluding hydrogens is 827 g/mol. The van der Waals surface area contributed by atoms with Gasteiger partial charge in [-0.05, 0) is 61.5 Å². The smallest absolute Gasteiger partial charge is 0.460 e. The number of carbonyl (C=O) groups is 1. The first-order chi connectivity index (χ1) is 25.1. The van der Waals surface area contributed by atoms with Crippen LogP contribution in [0.4, 0.5) is 74.6 Å². The largest absolute Gasteiger partial charge is 0.491 e. The Morgan fingerprint density at radius 3 is 1.59 bits per heavy atom. The van der Waals surface area contributed by atoms with Crippen molar-refractivity contribution in [2.24, 2.45) is 0 Å². The molecule has 0 aliphatic carbocycles. The fraction of sp³-hybridized carbons (Fsp3) is 0.727. The number of allylic oxidation sites excluding steroid dienone is 1. The van der Waals surface area contributed by atoms with Crippen LogP contribution in [0.5, 0.6) is 5.75 Å². The van der Waals surface area contributed by atoms with E-state index in [1.54, 1.807) is 19.9 Å². The molecule has 0 heterocycles. The second kappa shape index (κ2) is 18.0. The molecule has 0 aliphatic heterocycles. The Morgan fingerprint density at radius 1 is 0.714 bits per heavy atom. The summed E-state index contributed by atoms with van der Waals surface area (Å²) in [5, 5.41) is 10.4. The molecule has 0 saturated heterocycles.